The van der Waals surface area contributed by atoms with Gasteiger partial charge in [-0.1, -0.05) is 49.1 Å². The predicted octanol–water partition coefficient (Wildman–Crippen LogP) is 5.02. The number of carboxylic acids is 1. The smallest absolute Gasteiger partial charge is 0.303 e. The maximum Gasteiger partial charge on any atom is 0.303 e. The fourth-order valence-electron chi connectivity index (χ4n) is 5.85. The Kier molecular flexibility index (Phi) is 7.75. The van der Waals surface area contributed by atoms with Crippen molar-refractivity contribution < 1.29 is 20.1 Å². The highest BCUT2D eigenvalue weighted by atomic mass is 16.4. The van der Waals surface area contributed by atoms with E-state index < -0.39 is 11.6 Å². The lowest BCUT2D eigenvalue weighted by Gasteiger charge is -2.35. The second-order valence-electron chi connectivity index (χ2n) is 9.50. The summed E-state index contributed by atoms with van der Waals surface area (Å²) in [5.74, 6) is 0.606. The van der Waals surface area contributed by atoms with Crippen LogP contribution in [0.5, 0.6) is 0 Å². The van der Waals surface area contributed by atoms with Gasteiger partial charge >= 0.3 is 5.97 Å². The van der Waals surface area contributed by atoms with Crippen LogP contribution in [0, 0.1) is 23.7 Å². The molecule has 0 bridgehead atoms. The molecule has 0 saturated heterocycles. The van der Waals surface area contributed by atoms with Crippen LogP contribution in [-0.2, 0) is 4.79 Å². The molecule has 0 amide bonds. The molecule has 1 unspecified atom stereocenters. The van der Waals surface area contributed by atoms with Gasteiger partial charge in [0.2, 0.25) is 0 Å². The number of carboxylic acid groups (broad SMARTS) is 1. The summed E-state index contributed by atoms with van der Waals surface area (Å²) < 4.78 is 0. The molecular weight excluding hydrogens is 364 g/mol. The molecule has 2 saturated carbocycles. The highest BCUT2D eigenvalue weighted by Gasteiger charge is 2.43. The van der Waals surface area contributed by atoms with Crippen LogP contribution in [0.25, 0.3) is 0 Å². The van der Waals surface area contributed by atoms with Crippen LogP contribution in [0.15, 0.2) is 36.5 Å². The molecule has 0 aromatic carbocycles. The van der Waals surface area contributed by atoms with Crippen molar-refractivity contribution in [3.63, 3.8) is 0 Å². The molecule has 162 valence electrons. The number of hydrogen-bond donors (Lipinski definition) is 3. The van der Waals surface area contributed by atoms with E-state index in [2.05, 4.69) is 24.8 Å². The van der Waals surface area contributed by atoms with Gasteiger partial charge in [-0.15, -0.1) is 6.58 Å². The first-order valence-electron chi connectivity index (χ1n) is 11.5. The fraction of sp³-hybridized carbons (Fsp3) is 0.720. The fourth-order valence-corrected chi connectivity index (χ4v) is 5.85. The third-order valence-corrected chi connectivity index (χ3v) is 7.56. The lowest BCUT2D eigenvalue weighted by Crippen LogP contribution is -2.36. The maximum absolute atomic E-state index is 11.1. The number of aliphatic carboxylic acids is 1. The summed E-state index contributed by atoms with van der Waals surface area (Å²) in [7, 11) is 0. The van der Waals surface area contributed by atoms with Crippen molar-refractivity contribution in [2.24, 2.45) is 23.7 Å². The summed E-state index contributed by atoms with van der Waals surface area (Å²) in [5.41, 5.74) is 0.601. The first kappa shape index (κ1) is 22.3. The minimum absolute atomic E-state index is 0.146. The molecule has 3 aliphatic carbocycles. The Labute approximate surface area is 175 Å². The molecule has 3 rings (SSSR count). The van der Waals surface area contributed by atoms with Crippen LogP contribution in [0.4, 0.5) is 0 Å². The van der Waals surface area contributed by atoms with Crippen molar-refractivity contribution >= 4 is 5.97 Å². The molecule has 0 aliphatic heterocycles. The molecule has 0 radical (unpaired) electrons. The number of hydrogen-bond acceptors (Lipinski definition) is 3. The van der Waals surface area contributed by atoms with Gasteiger partial charge in [0.15, 0.2) is 0 Å². The van der Waals surface area contributed by atoms with Crippen molar-refractivity contribution in [3.8, 4) is 0 Å². The molecule has 4 nitrogen and oxygen atoms in total. The van der Waals surface area contributed by atoms with Gasteiger partial charge in [0, 0.05) is 12.3 Å². The van der Waals surface area contributed by atoms with Crippen molar-refractivity contribution in [1.29, 1.82) is 0 Å². The average molecular weight is 403 g/mol. The van der Waals surface area contributed by atoms with Gasteiger partial charge in [-0.3, -0.25) is 4.79 Å². The van der Waals surface area contributed by atoms with E-state index in [-0.39, 0.29) is 18.4 Å². The summed E-state index contributed by atoms with van der Waals surface area (Å²) in [6.07, 6.45) is 19.1. The van der Waals surface area contributed by atoms with E-state index >= 15 is 0 Å². The largest absolute Gasteiger partial charge is 0.481 e. The van der Waals surface area contributed by atoms with E-state index in [0.717, 1.165) is 44.9 Å². The molecule has 0 heterocycles. The zero-order valence-electron chi connectivity index (χ0n) is 17.6. The third-order valence-electron chi connectivity index (χ3n) is 7.56. The molecule has 0 spiro atoms. The summed E-state index contributed by atoms with van der Waals surface area (Å²) in [5, 5.41) is 30.4. The van der Waals surface area contributed by atoms with Crippen LogP contribution in [0.2, 0.25) is 0 Å². The summed E-state index contributed by atoms with van der Waals surface area (Å²) in [6, 6.07) is 0. The number of rotatable bonds is 10. The highest BCUT2D eigenvalue weighted by molar-refractivity contribution is 5.66. The van der Waals surface area contributed by atoms with Crippen molar-refractivity contribution in [3.05, 3.63) is 36.5 Å². The lowest BCUT2D eigenvalue weighted by molar-refractivity contribution is -0.137. The predicted molar refractivity (Wildman–Crippen MR) is 115 cm³/mol. The number of unbranched alkanes of at least 4 members (excludes halogenated alkanes) is 1. The normalized spacial score (nSPS) is 32.1. The molecule has 3 N–H and O–H groups in total. The third kappa shape index (κ3) is 5.61. The van der Waals surface area contributed by atoms with Gasteiger partial charge in [-0.2, -0.15) is 0 Å². The Morgan fingerprint density at radius 2 is 2.00 bits per heavy atom. The minimum Gasteiger partial charge on any atom is -0.481 e. The second-order valence-corrected chi connectivity index (χ2v) is 9.50. The van der Waals surface area contributed by atoms with E-state index in [1.807, 2.05) is 0 Å². The van der Waals surface area contributed by atoms with Gasteiger partial charge in [-0.05, 0) is 69.1 Å². The van der Waals surface area contributed by atoms with Crippen LogP contribution in [0.3, 0.4) is 0 Å². The van der Waals surface area contributed by atoms with Gasteiger partial charge < -0.3 is 15.3 Å². The topological polar surface area (TPSA) is 77.8 Å². The van der Waals surface area contributed by atoms with Crippen LogP contribution < -0.4 is 0 Å². The number of aliphatic hydroxyl groups is 2. The second kappa shape index (κ2) is 10.1. The summed E-state index contributed by atoms with van der Waals surface area (Å²) in [6.45, 7) is 3.90. The van der Waals surface area contributed by atoms with E-state index in [1.165, 1.54) is 24.8 Å². The average Bonchev–Trinajstić information content (AvgIpc) is 3.23. The number of fused-ring (bicyclic) bond motifs is 1. The van der Waals surface area contributed by atoms with Crippen LogP contribution in [0.1, 0.15) is 77.0 Å². The Bertz CT molecular complexity index is 631. The highest BCUT2D eigenvalue weighted by Crippen LogP contribution is 2.48. The first-order valence-corrected chi connectivity index (χ1v) is 11.5. The van der Waals surface area contributed by atoms with Crippen molar-refractivity contribution in [2.45, 2.75) is 88.8 Å². The monoisotopic (exact) mass is 402 g/mol. The standard InChI is InChI=1S/C25H38O4/c1-2-25(29,20-10-4-3-5-11-20)14-8-12-21-22-16-18(9-6-7-13-24(27)28)15-19(22)17-23(21)26/h2,8,12,15,19-23,26,29H,1,3-7,9-11,13-14,16-17H2,(H,27,28)/t19-,21-,22-,23+,25?/m0/s1. The summed E-state index contributed by atoms with van der Waals surface area (Å²) >= 11 is 0. The Balaban J connectivity index is 1.52. The SMILES string of the molecule is C=CC(O)(CC=C[C@H]1[C@H]2CC(CCCCC(=O)O)=C[C@H]2C[C@H]1O)C1CCCCC1. The van der Waals surface area contributed by atoms with Crippen LogP contribution >= 0.6 is 0 Å². The van der Waals surface area contributed by atoms with Crippen LogP contribution in [-0.4, -0.2) is 33.0 Å². The quantitative estimate of drug-likeness (QED) is 0.354. The van der Waals surface area contributed by atoms with Crippen molar-refractivity contribution in [1.82, 2.24) is 0 Å². The number of aliphatic hydroxyl groups excluding tert-OH is 1. The molecule has 4 heteroatoms. The van der Waals surface area contributed by atoms with Crippen molar-refractivity contribution in [2.75, 3.05) is 0 Å². The Morgan fingerprint density at radius 1 is 1.24 bits per heavy atom. The molecule has 0 aromatic rings. The molecule has 5 atom stereocenters. The minimum atomic E-state index is -0.830. The molecule has 3 aliphatic rings. The molecule has 2 fully saturated rings. The van der Waals surface area contributed by atoms with E-state index in [0.29, 0.717) is 24.2 Å². The molecule has 0 aromatic heterocycles. The Hall–Kier alpha value is -1.39. The molecule has 29 heavy (non-hydrogen) atoms. The Morgan fingerprint density at radius 3 is 2.69 bits per heavy atom. The van der Waals surface area contributed by atoms with Gasteiger partial charge in [-0.25, -0.2) is 0 Å². The summed E-state index contributed by atoms with van der Waals surface area (Å²) in [4.78, 5) is 10.7. The van der Waals surface area contributed by atoms with Gasteiger partial charge in [0.25, 0.3) is 0 Å². The van der Waals surface area contributed by atoms with E-state index in [4.69, 9.17) is 5.11 Å². The zero-order chi connectivity index (χ0) is 20.9. The van der Waals surface area contributed by atoms with E-state index in [9.17, 15) is 15.0 Å². The molecular formula is C25H38O4. The lowest BCUT2D eigenvalue weighted by atomic mass is 9.75. The first-order chi connectivity index (χ1) is 13.9. The van der Waals surface area contributed by atoms with E-state index in [1.54, 1.807) is 6.08 Å². The van der Waals surface area contributed by atoms with Gasteiger partial charge in [0.1, 0.15) is 0 Å². The van der Waals surface area contributed by atoms with Gasteiger partial charge in [0.05, 0.1) is 11.7 Å². The maximum atomic E-state index is 11.1. The number of carbonyl (C=O) groups is 1. The zero-order valence-corrected chi connectivity index (χ0v) is 17.6. The number of allylic oxidation sites excluding steroid dienone is 2.